The van der Waals surface area contributed by atoms with Crippen LogP contribution in [-0.2, 0) is 4.79 Å². The molecule has 1 heterocycles. The largest absolute Gasteiger partial charge is 0.300 e. The summed E-state index contributed by atoms with van der Waals surface area (Å²) in [5.74, 6) is 1.06. The number of Topliss-reactive ketones (excluding diaryl/α,β-unsaturated/α-hetero) is 1. The first-order valence-corrected chi connectivity index (χ1v) is 5.18. The minimum absolute atomic E-state index is 0.278. The van der Waals surface area contributed by atoms with Crippen LogP contribution in [-0.4, -0.2) is 5.78 Å². The molecular formula is C9H9ClOS. The van der Waals surface area contributed by atoms with Crippen LogP contribution in [0.3, 0.4) is 0 Å². The maximum atomic E-state index is 11.0. The van der Waals surface area contributed by atoms with E-state index in [4.69, 9.17) is 11.6 Å². The van der Waals surface area contributed by atoms with Crippen molar-refractivity contribution in [2.45, 2.75) is 19.3 Å². The molecule has 0 radical (unpaired) electrons. The lowest BCUT2D eigenvalue weighted by Gasteiger charge is -1.90. The Morgan fingerprint density at radius 1 is 1.75 bits per heavy atom. The predicted octanol–water partition coefficient (Wildman–Crippen LogP) is 3.09. The van der Waals surface area contributed by atoms with E-state index in [0.717, 1.165) is 11.4 Å². The maximum Gasteiger partial charge on any atom is 0.133 e. The summed E-state index contributed by atoms with van der Waals surface area (Å²) in [5.41, 5.74) is 0. The average Bonchev–Trinajstić information content (AvgIpc) is 2.70. The molecule has 1 nitrogen and oxygen atoms in total. The fourth-order valence-electron chi connectivity index (χ4n) is 1.48. The van der Waals surface area contributed by atoms with Crippen molar-refractivity contribution >= 4 is 28.7 Å². The molecule has 1 saturated carbocycles. The minimum Gasteiger partial charge on any atom is -0.300 e. The van der Waals surface area contributed by atoms with Gasteiger partial charge in [-0.25, -0.2) is 0 Å². The number of hydrogen-bond donors (Lipinski definition) is 0. The highest BCUT2D eigenvalue weighted by atomic mass is 35.5. The van der Waals surface area contributed by atoms with Gasteiger partial charge in [0.1, 0.15) is 5.78 Å². The summed E-state index contributed by atoms with van der Waals surface area (Å²) in [6, 6.07) is 1.97. The number of carbonyl (C=O) groups is 1. The van der Waals surface area contributed by atoms with Gasteiger partial charge >= 0.3 is 0 Å². The summed E-state index contributed by atoms with van der Waals surface area (Å²) < 4.78 is 0. The van der Waals surface area contributed by atoms with Crippen molar-refractivity contribution in [1.29, 1.82) is 0 Å². The van der Waals surface area contributed by atoms with E-state index in [1.54, 1.807) is 18.3 Å². The Kier molecular flexibility index (Phi) is 1.97. The van der Waals surface area contributed by atoms with E-state index in [0.29, 0.717) is 11.7 Å². The van der Waals surface area contributed by atoms with E-state index in [1.165, 1.54) is 4.88 Å². The zero-order valence-electron chi connectivity index (χ0n) is 6.71. The predicted molar refractivity (Wildman–Crippen MR) is 50.9 cm³/mol. The Morgan fingerprint density at radius 2 is 2.50 bits per heavy atom. The molecule has 0 spiro atoms. The van der Waals surface area contributed by atoms with Gasteiger partial charge in [0.2, 0.25) is 0 Å². The number of carbonyl (C=O) groups excluding carboxylic acids is 1. The van der Waals surface area contributed by atoms with Crippen molar-refractivity contribution in [3.63, 3.8) is 0 Å². The van der Waals surface area contributed by atoms with Gasteiger partial charge in [0.15, 0.2) is 0 Å². The number of ketones is 1. The molecule has 3 heteroatoms. The molecule has 12 heavy (non-hydrogen) atoms. The summed E-state index contributed by atoms with van der Waals surface area (Å²) in [6.07, 6.45) is 1.02. The smallest absolute Gasteiger partial charge is 0.133 e. The van der Waals surface area contributed by atoms with Crippen LogP contribution in [0.1, 0.15) is 24.1 Å². The summed E-state index contributed by atoms with van der Waals surface area (Å²) in [4.78, 5) is 12.2. The maximum absolute atomic E-state index is 11.0. The summed E-state index contributed by atoms with van der Waals surface area (Å²) >= 11 is 7.44. The number of hydrogen-bond acceptors (Lipinski definition) is 2. The van der Waals surface area contributed by atoms with Crippen molar-refractivity contribution in [2.24, 2.45) is 5.92 Å². The Balaban J connectivity index is 2.10. The average molecular weight is 201 g/mol. The van der Waals surface area contributed by atoms with Gasteiger partial charge < -0.3 is 0 Å². The van der Waals surface area contributed by atoms with E-state index in [1.807, 2.05) is 11.4 Å². The van der Waals surface area contributed by atoms with E-state index in [-0.39, 0.29) is 5.92 Å². The third-order valence-electron chi connectivity index (χ3n) is 2.27. The van der Waals surface area contributed by atoms with Gasteiger partial charge in [0.25, 0.3) is 0 Å². The third kappa shape index (κ3) is 1.41. The third-order valence-corrected chi connectivity index (χ3v) is 3.68. The molecule has 0 aliphatic heterocycles. The van der Waals surface area contributed by atoms with Gasteiger partial charge in [0.05, 0.1) is 5.02 Å². The van der Waals surface area contributed by atoms with Crippen molar-refractivity contribution in [3.05, 3.63) is 21.3 Å². The summed E-state index contributed by atoms with van der Waals surface area (Å²) in [6.45, 7) is 1.67. The number of rotatable bonds is 2. The highest BCUT2D eigenvalue weighted by molar-refractivity contribution is 7.10. The second-order valence-electron chi connectivity index (χ2n) is 3.23. The van der Waals surface area contributed by atoms with E-state index in [2.05, 4.69) is 0 Å². The molecule has 2 rings (SSSR count). The van der Waals surface area contributed by atoms with Crippen LogP contribution in [0.25, 0.3) is 0 Å². The molecule has 1 aliphatic rings. The van der Waals surface area contributed by atoms with Gasteiger partial charge in [-0.3, -0.25) is 4.79 Å². The Bertz CT molecular complexity index is 318. The van der Waals surface area contributed by atoms with E-state index < -0.39 is 0 Å². The molecule has 2 unspecified atom stereocenters. The molecule has 1 fully saturated rings. The van der Waals surface area contributed by atoms with Crippen LogP contribution >= 0.6 is 22.9 Å². The molecule has 1 aliphatic carbocycles. The Morgan fingerprint density at radius 3 is 2.92 bits per heavy atom. The molecule has 64 valence electrons. The van der Waals surface area contributed by atoms with Crippen LogP contribution in [0.4, 0.5) is 0 Å². The minimum atomic E-state index is 0.278. The van der Waals surface area contributed by atoms with Crippen molar-refractivity contribution in [2.75, 3.05) is 0 Å². The van der Waals surface area contributed by atoms with Gasteiger partial charge in [0, 0.05) is 22.1 Å². The quantitative estimate of drug-likeness (QED) is 0.717. The summed E-state index contributed by atoms with van der Waals surface area (Å²) in [7, 11) is 0. The molecular weight excluding hydrogens is 192 g/mol. The van der Waals surface area contributed by atoms with Gasteiger partial charge in [-0.05, 0) is 19.4 Å². The van der Waals surface area contributed by atoms with Crippen LogP contribution in [0.15, 0.2) is 11.4 Å². The number of thiophene rings is 1. The molecule has 0 amide bonds. The van der Waals surface area contributed by atoms with Crippen molar-refractivity contribution in [3.8, 4) is 0 Å². The van der Waals surface area contributed by atoms with Crippen LogP contribution in [0.2, 0.25) is 5.02 Å². The van der Waals surface area contributed by atoms with Crippen LogP contribution in [0, 0.1) is 5.92 Å². The van der Waals surface area contributed by atoms with E-state index >= 15 is 0 Å². The molecule has 0 N–H and O–H groups in total. The molecule has 0 aromatic carbocycles. The normalized spacial score (nSPS) is 27.2. The van der Waals surface area contributed by atoms with Gasteiger partial charge in [-0.2, -0.15) is 0 Å². The first-order valence-electron chi connectivity index (χ1n) is 3.93. The van der Waals surface area contributed by atoms with Crippen LogP contribution in [0.5, 0.6) is 0 Å². The molecule has 2 atom stereocenters. The van der Waals surface area contributed by atoms with E-state index in [9.17, 15) is 4.79 Å². The first-order chi connectivity index (χ1) is 5.68. The van der Waals surface area contributed by atoms with Gasteiger partial charge in [-0.15, -0.1) is 11.3 Å². The molecule has 1 aromatic heterocycles. The van der Waals surface area contributed by atoms with Crippen LogP contribution < -0.4 is 0 Å². The number of halogens is 1. The second-order valence-corrected chi connectivity index (χ2v) is 4.61. The summed E-state index contributed by atoms with van der Waals surface area (Å²) in [5, 5.41) is 2.72. The van der Waals surface area contributed by atoms with Crippen molar-refractivity contribution in [1.82, 2.24) is 0 Å². The highest BCUT2D eigenvalue weighted by Gasteiger charge is 2.42. The van der Waals surface area contributed by atoms with Gasteiger partial charge in [-0.1, -0.05) is 11.6 Å². The standard InChI is InChI=1S/C9H9ClOS/c1-5(11)7-3-8(7)9-2-6(10)4-12-9/h2,4,7-8H,3H2,1H3. The second kappa shape index (κ2) is 2.86. The first kappa shape index (κ1) is 8.27. The zero-order chi connectivity index (χ0) is 8.72. The molecule has 0 saturated heterocycles. The lowest BCUT2D eigenvalue weighted by molar-refractivity contribution is -0.118. The molecule has 1 aromatic rings. The topological polar surface area (TPSA) is 17.1 Å². The fraction of sp³-hybridized carbons (Fsp3) is 0.444. The highest BCUT2D eigenvalue weighted by Crippen LogP contribution is 2.50. The fourth-order valence-corrected chi connectivity index (χ4v) is 2.74. The Labute approximate surface area is 80.4 Å². The lowest BCUT2D eigenvalue weighted by Crippen LogP contribution is -1.93. The SMILES string of the molecule is CC(=O)C1CC1c1cc(Cl)cs1. The van der Waals surface area contributed by atoms with Crippen molar-refractivity contribution < 1.29 is 4.79 Å². The lowest BCUT2D eigenvalue weighted by atomic mass is 10.2. The molecule has 0 bridgehead atoms. The Hall–Kier alpha value is -0.340. The monoisotopic (exact) mass is 200 g/mol. The zero-order valence-corrected chi connectivity index (χ0v) is 8.28.